The number of aromatic nitrogens is 3. The molecule has 2 heterocycles. The second-order valence-corrected chi connectivity index (χ2v) is 3.68. The molecule has 0 aliphatic rings. The summed E-state index contributed by atoms with van der Waals surface area (Å²) in [4.78, 5) is 15.3. The number of nitrogens with two attached hydrogens (primary N) is 1. The van der Waals surface area contributed by atoms with Gasteiger partial charge in [-0.3, -0.25) is 0 Å². The van der Waals surface area contributed by atoms with Crippen molar-refractivity contribution in [3.05, 3.63) is 28.9 Å². The van der Waals surface area contributed by atoms with Crippen LogP contribution in [0.1, 0.15) is 19.9 Å². The van der Waals surface area contributed by atoms with Gasteiger partial charge in [0.2, 0.25) is 5.89 Å². The van der Waals surface area contributed by atoms with Crippen molar-refractivity contribution < 1.29 is 4.42 Å². The van der Waals surface area contributed by atoms with Crippen LogP contribution in [-0.4, -0.2) is 14.8 Å². The lowest BCUT2D eigenvalue weighted by atomic mass is 10.2. The Morgan fingerprint density at radius 1 is 1.50 bits per heavy atom. The normalized spacial score (nSPS) is 10.9. The van der Waals surface area contributed by atoms with Crippen LogP contribution in [0.2, 0.25) is 0 Å². The van der Waals surface area contributed by atoms with E-state index in [2.05, 4.69) is 10.1 Å². The molecule has 2 aromatic rings. The summed E-state index contributed by atoms with van der Waals surface area (Å²) in [5.74, 6) is 0.146. The average molecular weight is 220 g/mol. The monoisotopic (exact) mass is 220 g/mol. The van der Waals surface area contributed by atoms with Gasteiger partial charge in [0.1, 0.15) is 5.82 Å². The highest BCUT2D eigenvalue weighted by Crippen LogP contribution is 2.17. The predicted octanol–water partition coefficient (Wildman–Crippen LogP) is 1.06. The van der Waals surface area contributed by atoms with E-state index < -0.39 is 5.76 Å². The van der Waals surface area contributed by atoms with Gasteiger partial charge in [-0.1, -0.05) is 0 Å². The van der Waals surface area contributed by atoms with Gasteiger partial charge < -0.3 is 10.2 Å². The van der Waals surface area contributed by atoms with Crippen molar-refractivity contribution >= 4 is 5.82 Å². The molecule has 0 fully saturated rings. The summed E-state index contributed by atoms with van der Waals surface area (Å²) in [6.07, 6.45) is 1.54. The number of hydrogen-bond acceptors (Lipinski definition) is 5. The van der Waals surface area contributed by atoms with Gasteiger partial charge in [0.25, 0.3) is 0 Å². The largest absolute Gasteiger partial charge is 0.437 e. The SMILES string of the molecule is CC(C)n1nc(-c2ccnc(N)c2)oc1=O. The third kappa shape index (κ3) is 1.81. The predicted molar refractivity (Wildman–Crippen MR) is 58.8 cm³/mol. The Labute approximate surface area is 91.7 Å². The molecule has 0 unspecified atom stereocenters. The number of nitrogens with zero attached hydrogens (tertiary/aromatic N) is 3. The standard InChI is InChI=1S/C10H12N4O2/c1-6(2)14-10(15)16-9(13-14)7-3-4-12-8(11)5-7/h3-6H,1-2H3,(H2,11,12). The van der Waals surface area contributed by atoms with Gasteiger partial charge in [0, 0.05) is 11.8 Å². The third-order valence-electron chi connectivity index (χ3n) is 2.09. The molecule has 6 nitrogen and oxygen atoms in total. The molecular formula is C10H12N4O2. The maximum absolute atomic E-state index is 11.4. The minimum Gasteiger partial charge on any atom is -0.388 e. The van der Waals surface area contributed by atoms with Crippen LogP contribution in [0.25, 0.3) is 11.5 Å². The van der Waals surface area contributed by atoms with Gasteiger partial charge in [-0.25, -0.2) is 9.78 Å². The fourth-order valence-corrected chi connectivity index (χ4v) is 1.31. The van der Waals surface area contributed by atoms with Crippen LogP contribution in [0.3, 0.4) is 0 Å². The molecule has 2 rings (SSSR count). The Morgan fingerprint density at radius 2 is 2.25 bits per heavy atom. The summed E-state index contributed by atoms with van der Waals surface area (Å²) in [6, 6.07) is 3.26. The molecule has 16 heavy (non-hydrogen) atoms. The van der Waals surface area contributed by atoms with Crippen molar-refractivity contribution in [2.24, 2.45) is 0 Å². The van der Waals surface area contributed by atoms with Crippen molar-refractivity contribution in [3.63, 3.8) is 0 Å². The molecule has 0 aliphatic carbocycles. The van der Waals surface area contributed by atoms with Crippen molar-refractivity contribution in [1.29, 1.82) is 0 Å². The number of rotatable bonds is 2. The minimum atomic E-state index is -0.472. The molecule has 0 atom stereocenters. The van der Waals surface area contributed by atoms with E-state index in [0.717, 1.165) is 0 Å². The summed E-state index contributed by atoms with van der Waals surface area (Å²) in [5, 5.41) is 4.07. The van der Waals surface area contributed by atoms with Gasteiger partial charge >= 0.3 is 5.76 Å². The zero-order chi connectivity index (χ0) is 11.7. The van der Waals surface area contributed by atoms with Crippen LogP contribution >= 0.6 is 0 Å². The second kappa shape index (κ2) is 3.80. The van der Waals surface area contributed by atoms with Crippen LogP contribution in [0.4, 0.5) is 5.82 Å². The second-order valence-electron chi connectivity index (χ2n) is 3.68. The van der Waals surface area contributed by atoms with Crippen molar-refractivity contribution in [1.82, 2.24) is 14.8 Å². The minimum absolute atomic E-state index is 0.0378. The lowest BCUT2D eigenvalue weighted by Crippen LogP contribution is -2.17. The van der Waals surface area contributed by atoms with Crippen LogP contribution in [0, 0.1) is 0 Å². The number of hydrogen-bond donors (Lipinski definition) is 1. The lowest BCUT2D eigenvalue weighted by molar-refractivity contribution is 0.449. The topological polar surface area (TPSA) is 86.9 Å². The van der Waals surface area contributed by atoms with Gasteiger partial charge in [-0.05, 0) is 26.0 Å². The first-order valence-electron chi connectivity index (χ1n) is 4.89. The average Bonchev–Trinajstić information content (AvgIpc) is 2.60. The molecule has 0 bridgehead atoms. The number of nitrogen functional groups attached to an aromatic ring is 1. The van der Waals surface area contributed by atoms with Gasteiger partial charge in [-0.15, -0.1) is 5.10 Å². The van der Waals surface area contributed by atoms with Crippen LogP contribution in [0.5, 0.6) is 0 Å². The fraction of sp³-hybridized carbons (Fsp3) is 0.300. The molecule has 0 aliphatic heterocycles. The highest BCUT2D eigenvalue weighted by atomic mass is 16.4. The van der Waals surface area contributed by atoms with E-state index in [-0.39, 0.29) is 11.9 Å². The summed E-state index contributed by atoms with van der Waals surface area (Å²) in [6.45, 7) is 3.71. The fourth-order valence-electron chi connectivity index (χ4n) is 1.31. The zero-order valence-electron chi connectivity index (χ0n) is 9.04. The van der Waals surface area contributed by atoms with Crippen LogP contribution in [0.15, 0.2) is 27.5 Å². The molecule has 0 saturated carbocycles. The maximum Gasteiger partial charge on any atom is 0.437 e. The highest BCUT2D eigenvalue weighted by molar-refractivity contribution is 5.56. The van der Waals surface area contributed by atoms with Crippen molar-refractivity contribution in [2.75, 3.05) is 5.73 Å². The van der Waals surface area contributed by atoms with Crippen molar-refractivity contribution in [2.45, 2.75) is 19.9 Å². The molecule has 0 aromatic carbocycles. The summed E-state index contributed by atoms with van der Waals surface area (Å²) in [7, 11) is 0. The number of pyridine rings is 1. The smallest absolute Gasteiger partial charge is 0.388 e. The molecule has 0 amide bonds. The lowest BCUT2D eigenvalue weighted by Gasteiger charge is -1.99. The molecule has 6 heteroatoms. The van der Waals surface area contributed by atoms with E-state index in [9.17, 15) is 4.79 Å². The molecule has 2 aromatic heterocycles. The molecule has 0 radical (unpaired) electrons. The Bertz CT molecular complexity index is 556. The first kappa shape index (κ1) is 10.4. The summed E-state index contributed by atoms with van der Waals surface area (Å²) >= 11 is 0. The Kier molecular flexibility index (Phi) is 2.47. The quantitative estimate of drug-likeness (QED) is 0.817. The third-order valence-corrected chi connectivity index (χ3v) is 2.09. The molecule has 2 N–H and O–H groups in total. The molecule has 0 saturated heterocycles. The van der Waals surface area contributed by atoms with E-state index in [1.165, 1.54) is 4.68 Å². The van der Waals surface area contributed by atoms with E-state index in [4.69, 9.17) is 10.2 Å². The van der Waals surface area contributed by atoms with Crippen LogP contribution in [-0.2, 0) is 0 Å². The first-order valence-corrected chi connectivity index (χ1v) is 4.89. The van der Waals surface area contributed by atoms with Gasteiger partial charge in [0.15, 0.2) is 0 Å². The first-order chi connectivity index (χ1) is 7.58. The maximum atomic E-state index is 11.4. The van der Waals surface area contributed by atoms with Gasteiger partial charge in [0.05, 0.1) is 6.04 Å². The Morgan fingerprint density at radius 3 is 2.81 bits per heavy atom. The molecule has 84 valence electrons. The molecular weight excluding hydrogens is 208 g/mol. The van der Waals surface area contributed by atoms with E-state index in [0.29, 0.717) is 11.4 Å². The van der Waals surface area contributed by atoms with E-state index in [1.54, 1.807) is 18.3 Å². The van der Waals surface area contributed by atoms with Crippen LogP contribution < -0.4 is 11.5 Å². The Hall–Kier alpha value is -2.11. The number of anilines is 1. The van der Waals surface area contributed by atoms with Crippen molar-refractivity contribution in [3.8, 4) is 11.5 Å². The van der Waals surface area contributed by atoms with E-state index >= 15 is 0 Å². The molecule has 0 spiro atoms. The zero-order valence-corrected chi connectivity index (χ0v) is 9.04. The summed E-state index contributed by atoms with van der Waals surface area (Å²) < 4.78 is 6.31. The summed E-state index contributed by atoms with van der Waals surface area (Å²) in [5.41, 5.74) is 6.18. The van der Waals surface area contributed by atoms with E-state index in [1.807, 2.05) is 13.8 Å². The van der Waals surface area contributed by atoms with Gasteiger partial charge in [-0.2, -0.15) is 4.68 Å². The Balaban J connectivity index is 2.50. The highest BCUT2D eigenvalue weighted by Gasteiger charge is 2.12.